The van der Waals surface area contributed by atoms with Crippen molar-refractivity contribution in [2.24, 2.45) is 7.05 Å². The molecule has 0 atom stereocenters. The van der Waals surface area contributed by atoms with E-state index in [1.54, 1.807) is 25.2 Å². The van der Waals surface area contributed by atoms with Gasteiger partial charge in [0, 0.05) is 20.1 Å². The lowest BCUT2D eigenvalue weighted by atomic mass is 10.3. The van der Waals surface area contributed by atoms with E-state index in [-0.39, 0.29) is 17.4 Å². The minimum Gasteiger partial charge on any atom is -0.494 e. The topological polar surface area (TPSA) is 121 Å². The fraction of sp³-hybridized carbons (Fsp3) is 0.368. The Balaban J connectivity index is 1.69. The predicted molar refractivity (Wildman–Crippen MR) is 113 cm³/mol. The summed E-state index contributed by atoms with van der Waals surface area (Å²) < 4.78 is 40.0. The number of morpholine rings is 1. The van der Waals surface area contributed by atoms with Gasteiger partial charge >= 0.3 is 0 Å². The number of fused-ring (bicyclic) bond motifs is 1. The third kappa shape index (κ3) is 4.00. The van der Waals surface area contributed by atoms with Gasteiger partial charge in [-0.1, -0.05) is 6.07 Å². The van der Waals surface area contributed by atoms with E-state index in [9.17, 15) is 8.78 Å². The minimum absolute atomic E-state index is 0.0102. The number of hydrogen-bond donors (Lipinski definition) is 1. The Bertz CT molecular complexity index is 1290. The summed E-state index contributed by atoms with van der Waals surface area (Å²) in [7, 11) is 3.13. The van der Waals surface area contributed by atoms with Crippen LogP contribution in [-0.2, 0) is 11.8 Å². The Kier molecular flexibility index (Phi) is 5.42. The molecule has 1 aliphatic rings. The first-order chi connectivity index (χ1) is 16.0. The van der Waals surface area contributed by atoms with E-state index in [1.165, 1.54) is 22.7 Å². The number of imidazole rings is 1. The maximum atomic E-state index is 14.0. The number of para-hydroxylation sites is 1. The summed E-state index contributed by atoms with van der Waals surface area (Å²) in [6.45, 7) is 2.10. The van der Waals surface area contributed by atoms with Gasteiger partial charge in [-0.25, -0.2) is 13.8 Å². The van der Waals surface area contributed by atoms with Crippen molar-refractivity contribution in [2.75, 3.05) is 43.6 Å². The first kappa shape index (κ1) is 20.9. The zero-order valence-corrected chi connectivity index (χ0v) is 17.8. The Morgan fingerprint density at radius 1 is 1.09 bits per heavy atom. The largest absolute Gasteiger partial charge is 0.494 e. The molecule has 0 radical (unpaired) electrons. The van der Waals surface area contributed by atoms with Crippen molar-refractivity contribution in [2.45, 2.75) is 6.43 Å². The zero-order valence-electron chi connectivity index (χ0n) is 17.8. The Morgan fingerprint density at radius 2 is 1.88 bits per heavy atom. The number of aromatic nitrogens is 8. The van der Waals surface area contributed by atoms with Crippen LogP contribution in [0.5, 0.6) is 5.75 Å². The van der Waals surface area contributed by atoms with Crippen LogP contribution in [0.2, 0.25) is 0 Å². The molecule has 14 heteroatoms. The standard InChI is InChI=1S/C19H20F2N10O2/c1-29-22-10-13(28-29)23-17-25-18(30-6-8-33-9-7-30)27-19(26-17)31-11-4-3-5-12(32-2)14(11)24-16(31)15(20)21/h3-5,10,15H,6-9H2,1-2H3,(H,23,25,26,27,28). The van der Waals surface area contributed by atoms with E-state index in [0.29, 0.717) is 49.3 Å². The average Bonchev–Trinajstić information content (AvgIpc) is 3.42. The van der Waals surface area contributed by atoms with Gasteiger partial charge < -0.3 is 19.7 Å². The minimum atomic E-state index is -2.87. The van der Waals surface area contributed by atoms with Crippen molar-refractivity contribution >= 4 is 28.7 Å². The van der Waals surface area contributed by atoms with Gasteiger partial charge in [0.1, 0.15) is 11.3 Å². The Morgan fingerprint density at radius 3 is 2.58 bits per heavy atom. The molecule has 1 aliphatic heterocycles. The van der Waals surface area contributed by atoms with Crippen molar-refractivity contribution in [3.05, 3.63) is 30.2 Å². The Labute approximate surface area is 186 Å². The molecule has 3 aromatic heterocycles. The second-order valence-corrected chi connectivity index (χ2v) is 7.14. The van der Waals surface area contributed by atoms with Crippen LogP contribution in [0.15, 0.2) is 24.4 Å². The van der Waals surface area contributed by atoms with Crippen molar-refractivity contribution < 1.29 is 18.3 Å². The summed E-state index contributed by atoms with van der Waals surface area (Å²) in [5, 5.41) is 11.1. The molecular weight excluding hydrogens is 438 g/mol. The van der Waals surface area contributed by atoms with Gasteiger partial charge in [-0.2, -0.15) is 24.8 Å². The van der Waals surface area contributed by atoms with Crippen LogP contribution in [-0.4, -0.2) is 72.9 Å². The molecule has 33 heavy (non-hydrogen) atoms. The Hall–Kier alpha value is -3.94. The van der Waals surface area contributed by atoms with E-state index in [4.69, 9.17) is 9.47 Å². The molecule has 1 aromatic carbocycles. The normalized spacial score (nSPS) is 14.3. The second-order valence-electron chi connectivity index (χ2n) is 7.14. The molecule has 4 aromatic rings. The lowest BCUT2D eigenvalue weighted by molar-refractivity contribution is 0.122. The number of aryl methyl sites for hydroxylation is 1. The molecule has 0 bridgehead atoms. The average molecular weight is 458 g/mol. The molecule has 0 aliphatic carbocycles. The van der Waals surface area contributed by atoms with E-state index in [2.05, 4.69) is 35.5 Å². The summed E-state index contributed by atoms with van der Waals surface area (Å²) in [5.74, 6) is 0.706. The lowest BCUT2D eigenvalue weighted by Crippen LogP contribution is -2.37. The monoisotopic (exact) mass is 458 g/mol. The van der Waals surface area contributed by atoms with E-state index in [1.807, 2.05) is 4.90 Å². The maximum absolute atomic E-state index is 14.0. The molecule has 5 rings (SSSR count). The molecule has 0 saturated carbocycles. The molecule has 12 nitrogen and oxygen atoms in total. The van der Waals surface area contributed by atoms with Crippen molar-refractivity contribution in [3.8, 4) is 11.7 Å². The van der Waals surface area contributed by atoms with Crippen LogP contribution in [0.3, 0.4) is 0 Å². The third-order valence-corrected chi connectivity index (χ3v) is 5.03. The highest BCUT2D eigenvalue weighted by Gasteiger charge is 2.25. The highest BCUT2D eigenvalue weighted by Crippen LogP contribution is 2.32. The fourth-order valence-electron chi connectivity index (χ4n) is 3.54. The van der Waals surface area contributed by atoms with Crippen LogP contribution >= 0.6 is 0 Å². The lowest BCUT2D eigenvalue weighted by Gasteiger charge is -2.27. The van der Waals surface area contributed by atoms with Gasteiger partial charge in [-0.05, 0) is 12.1 Å². The molecule has 1 N–H and O–H groups in total. The molecule has 0 amide bonds. The highest BCUT2D eigenvalue weighted by molar-refractivity contribution is 5.84. The van der Waals surface area contributed by atoms with Crippen molar-refractivity contribution in [1.82, 2.24) is 39.5 Å². The number of ether oxygens (including phenoxy) is 2. The van der Waals surface area contributed by atoms with Crippen LogP contribution in [0.4, 0.5) is 26.5 Å². The van der Waals surface area contributed by atoms with E-state index >= 15 is 0 Å². The number of rotatable bonds is 6. The number of methoxy groups -OCH3 is 1. The summed E-state index contributed by atoms with van der Waals surface area (Å²) in [6, 6.07) is 5.00. The van der Waals surface area contributed by atoms with Gasteiger partial charge in [0.2, 0.25) is 17.8 Å². The molecule has 0 unspecified atom stereocenters. The molecular formula is C19H20F2N10O2. The van der Waals surface area contributed by atoms with Crippen molar-refractivity contribution in [3.63, 3.8) is 0 Å². The van der Waals surface area contributed by atoms with Crippen LogP contribution < -0.4 is 15.0 Å². The summed E-state index contributed by atoms with van der Waals surface area (Å²) in [4.78, 5) is 20.8. The molecule has 1 fully saturated rings. The predicted octanol–water partition coefficient (Wildman–Crippen LogP) is 1.87. The summed E-state index contributed by atoms with van der Waals surface area (Å²) >= 11 is 0. The van der Waals surface area contributed by atoms with Gasteiger partial charge in [0.05, 0.1) is 32.0 Å². The summed E-state index contributed by atoms with van der Waals surface area (Å²) in [6.07, 6.45) is -1.37. The second kappa shape index (κ2) is 8.54. The number of alkyl halides is 2. The van der Waals surface area contributed by atoms with Crippen LogP contribution in [0.1, 0.15) is 12.2 Å². The van der Waals surface area contributed by atoms with Crippen LogP contribution in [0, 0.1) is 0 Å². The third-order valence-electron chi connectivity index (χ3n) is 5.03. The molecule has 4 heterocycles. The van der Waals surface area contributed by atoms with Gasteiger partial charge in [0.25, 0.3) is 6.43 Å². The summed E-state index contributed by atoms with van der Waals surface area (Å²) in [5.41, 5.74) is 0.668. The quantitative estimate of drug-likeness (QED) is 0.458. The van der Waals surface area contributed by atoms with Crippen LogP contribution in [0.25, 0.3) is 17.0 Å². The number of nitrogens with one attached hydrogen (secondary N) is 1. The number of nitrogens with zero attached hydrogens (tertiary/aromatic N) is 9. The molecule has 0 spiro atoms. The molecule has 1 saturated heterocycles. The first-order valence-electron chi connectivity index (χ1n) is 10.1. The van der Waals surface area contributed by atoms with E-state index < -0.39 is 12.2 Å². The number of benzene rings is 1. The highest BCUT2D eigenvalue weighted by atomic mass is 19.3. The van der Waals surface area contributed by atoms with Gasteiger partial charge in [0.15, 0.2) is 11.6 Å². The van der Waals surface area contributed by atoms with Crippen molar-refractivity contribution in [1.29, 1.82) is 0 Å². The van der Waals surface area contributed by atoms with Gasteiger partial charge in [-0.15, -0.1) is 5.10 Å². The van der Waals surface area contributed by atoms with E-state index in [0.717, 1.165) is 0 Å². The number of hydrogen-bond acceptors (Lipinski definition) is 10. The first-order valence-corrected chi connectivity index (χ1v) is 10.1. The maximum Gasteiger partial charge on any atom is 0.296 e. The number of anilines is 3. The zero-order chi connectivity index (χ0) is 22.9. The number of halogens is 2. The fourth-order valence-corrected chi connectivity index (χ4v) is 3.54. The smallest absolute Gasteiger partial charge is 0.296 e. The SMILES string of the molecule is COc1cccc2c1nc(C(F)F)n2-c1nc(Nc2cnn(C)n2)nc(N2CCOCC2)n1. The van der Waals surface area contributed by atoms with Gasteiger partial charge in [-0.3, -0.25) is 4.57 Å². The molecule has 172 valence electrons.